The van der Waals surface area contributed by atoms with E-state index >= 15 is 0 Å². The van der Waals surface area contributed by atoms with Crippen LogP contribution < -0.4 is 4.74 Å². The van der Waals surface area contributed by atoms with Gasteiger partial charge >= 0.3 is 0 Å². The highest BCUT2D eigenvalue weighted by Crippen LogP contribution is 2.22. The minimum Gasteiger partial charge on any atom is -0.508 e. The molecule has 0 aliphatic rings. The molecule has 0 saturated carbocycles. The summed E-state index contributed by atoms with van der Waals surface area (Å²) in [6.07, 6.45) is 3.29. The number of ether oxygens (including phenoxy) is 1. The predicted octanol–water partition coefficient (Wildman–Crippen LogP) is 4.62. The van der Waals surface area contributed by atoms with Gasteiger partial charge in [0.05, 0.1) is 20.3 Å². The Morgan fingerprint density at radius 2 is 1.30 bits per heavy atom. The van der Waals surface area contributed by atoms with Crippen LogP contribution >= 0.6 is 0 Å². The summed E-state index contributed by atoms with van der Waals surface area (Å²) in [6, 6.07) is 13.7. The van der Waals surface area contributed by atoms with Crippen molar-refractivity contribution in [3.63, 3.8) is 0 Å². The van der Waals surface area contributed by atoms with Gasteiger partial charge in [-0.3, -0.25) is 9.69 Å². The lowest BCUT2D eigenvalue weighted by Gasteiger charge is -2.01. The molecule has 23 heavy (non-hydrogen) atoms. The summed E-state index contributed by atoms with van der Waals surface area (Å²) >= 11 is 0. The van der Waals surface area contributed by atoms with Gasteiger partial charge in [-0.2, -0.15) is 0 Å². The molecule has 4 heteroatoms. The van der Waals surface area contributed by atoms with Crippen LogP contribution in [0.5, 0.6) is 11.5 Å². The molecule has 0 amide bonds. The molecule has 0 aromatic heterocycles. The Kier molecular flexibility index (Phi) is 5.17. The number of rotatable bonds is 4. The summed E-state index contributed by atoms with van der Waals surface area (Å²) in [6.45, 7) is 14.6. The van der Waals surface area contributed by atoms with Gasteiger partial charge < -0.3 is 9.84 Å². The monoisotopic (exact) mass is 302 g/mol. The third-order valence-corrected chi connectivity index (χ3v) is 3.12. The minimum atomic E-state index is 0.158. The molecule has 0 fully saturated rings. The topological polar surface area (TPSA) is 38.2 Å². The lowest BCUT2D eigenvalue weighted by molar-refractivity contribution is 0.415. The van der Waals surface area contributed by atoms with Crippen molar-refractivity contribution in [1.82, 2.24) is 0 Å². The zero-order valence-corrected chi connectivity index (χ0v) is 12.5. The summed E-state index contributed by atoms with van der Waals surface area (Å²) in [7, 11) is 1.59. The van der Waals surface area contributed by atoms with Gasteiger partial charge in [0.15, 0.2) is 11.4 Å². The number of nitrogens with zero attached hydrogens (tertiary/aromatic N) is 2. The molecule has 0 heterocycles. The van der Waals surface area contributed by atoms with Gasteiger partial charge in [-0.25, -0.2) is 0 Å². The molecule has 0 bridgehead atoms. The fourth-order valence-electron chi connectivity index (χ4n) is 1.91. The second-order valence-electron chi connectivity index (χ2n) is 4.65. The summed E-state index contributed by atoms with van der Waals surface area (Å²) in [5, 5.41) is 9.29. The van der Waals surface area contributed by atoms with Crippen molar-refractivity contribution in [2.45, 2.75) is 0 Å². The Labute approximate surface area is 135 Å². The van der Waals surface area contributed by atoms with Crippen LogP contribution in [0.4, 0.5) is 0 Å². The lowest BCUT2D eigenvalue weighted by atomic mass is 10.1. The van der Waals surface area contributed by atoms with Crippen LogP contribution in [0.3, 0.4) is 0 Å². The summed E-state index contributed by atoms with van der Waals surface area (Å²) in [5.41, 5.74) is 2.08. The smallest absolute Gasteiger partial charge is 0.195 e. The van der Waals surface area contributed by atoms with Crippen LogP contribution in [0.15, 0.2) is 59.9 Å². The Hall–Kier alpha value is -3.50. The molecule has 0 spiro atoms. The summed E-state index contributed by atoms with van der Waals surface area (Å²) in [4.78, 5) is 6.91. The van der Waals surface area contributed by atoms with Crippen LogP contribution in [0.1, 0.15) is 11.1 Å². The third-order valence-electron chi connectivity index (χ3n) is 3.12. The fourth-order valence-corrected chi connectivity index (χ4v) is 1.91. The van der Waals surface area contributed by atoms with Crippen LogP contribution in [0.25, 0.3) is 21.8 Å². The molecular weight excluding hydrogens is 288 g/mol. The lowest BCUT2D eigenvalue weighted by Crippen LogP contribution is -1.84. The molecule has 2 aromatic rings. The quantitative estimate of drug-likeness (QED) is 0.661. The highest BCUT2D eigenvalue weighted by molar-refractivity contribution is 5.69. The fraction of sp³-hybridized carbons (Fsp3) is 0.0526. The zero-order valence-electron chi connectivity index (χ0n) is 12.5. The van der Waals surface area contributed by atoms with E-state index in [-0.39, 0.29) is 17.1 Å². The molecule has 0 unspecified atom stereocenters. The maximum atomic E-state index is 9.29. The van der Waals surface area contributed by atoms with Crippen LogP contribution in [-0.2, 0) is 0 Å². The molecule has 1 N–H and O–H groups in total. The van der Waals surface area contributed by atoms with Gasteiger partial charge in [0.1, 0.15) is 11.5 Å². The first-order chi connectivity index (χ1) is 11.2. The van der Waals surface area contributed by atoms with Gasteiger partial charge in [-0.05, 0) is 35.4 Å². The van der Waals surface area contributed by atoms with Crippen molar-refractivity contribution in [3.05, 3.63) is 93.9 Å². The van der Waals surface area contributed by atoms with E-state index in [0.717, 1.165) is 16.9 Å². The standard InChI is InChI=1S/C19H14N2O2/c1-20-18(12-14-4-8-16(22)9-5-14)19(21-2)13-15-6-10-17(23-3)11-7-15/h4-13,22H,3H3/b18-12+,19-13-. The van der Waals surface area contributed by atoms with Crippen molar-refractivity contribution in [2.24, 2.45) is 0 Å². The van der Waals surface area contributed by atoms with Crippen molar-refractivity contribution in [3.8, 4) is 11.5 Å². The second kappa shape index (κ2) is 7.49. The summed E-state index contributed by atoms with van der Waals surface area (Å²) in [5.74, 6) is 0.891. The number of phenolic OH excluding ortho intramolecular Hbond substituents is 1. The van der Waals surface area contributed by atoms with E-state index in [1.54, 1.807) is 43.5 Å². The van der Waals surface area contributed by atoms with Crippen LogP contribution in [-0.4, -0.2) is 12.2 Å². The van der Waals surface area contributed by atoms with Crippen molar-refractivity contribution in [1.29, 1.82) is 0 Å². The predicted molar refractivity (Wildman–Crippen MR) is 90.3 cm³/mol. The Balaban J connectivity index is 2.36. The van der Waals surface area contributed by atoms with E-state index < -0.39 is 0 Å². The number of hydrogen-bond donors (Lipinski definition) is 1. The van der Waals surface area contributed by atoms with Crippen molar-refractivity contribution >= 4 is 12.2 Å². The molecular formula is C19H14N2O2. The van der Waals surface area contributed by atoms with E-state index in [0.29, 0.717) is 0 Å². The van der Waals surface area contributed by atoms with Gasteiger partial charge in [0.25, 0.3) is 0 Å². The van der Waals surface area contributed by atoms with Gasteiger partial charge in [-0.1, -0.05) is 36.4 Å². The Morgan fingerprint density at radius 1 is 0.870 bits per heavy atom. The average Bonchev–Trinajstić information content (AvgIpc) is 2.60. The number of phenols is 1. The molecule has 2 rings (SSSR count). The molecule has 0 radical (unpaired) electrons. The first-order valence-corrected chi connectivity index (χ1v) is 6.78. The molecule has 0 saturated heterocycles. The van der Waals surface area contributed by atoms with Crippen LogP contribution in [0, 0.1) is 13.1 Å². The van der Waals surface area contributed by atoms with Gasteiger partial charge in [-0.15, -0.1) is 0 Å². The Bertz CT molecular complexity index is 818. The maximum absolute atomic E-state index is 9.29. The number of benzene rings is 2. The second-order valence-corrected chi connectivity index (χ2v) is 4.65. The first kappa shape index (κ1) is 15.9. The molecule has 0 aliphatic carbocycles. The maximum Gasteiger partial charge on any atom is 0.195 e. The molecule has 4 nitrogen and oxygen atoms in total. The average molecular weight is 302 g/mol. The van der Waals surface area contributed by atoms with E-state index in [2.05, 4.69) is 9.69 Å². The van der Waals surface area contributed by atoms with Crippen molar-refractivity contribution in [2.75, 3.05) is 7.11 Å². The van der Waals surface area contributed by atoms with Gasteiger partial charge in [0.2, 0.25) is 0 Å². The molecule has 2 aromatic carbocycles. The third kappa shape index (κ3) is 4.23. The number of methoxy groups -OCH3 is 1. The Morgan fingerprint density at radius 3 is 1.70 bits per heavy atom. The molecule has 0 atom stereocenters. The summed E-state index contributed by atoms with van der Waals surface area (Å²) < 4.78 is 5.10. The zero-order chi connectivity index (χ0) is 16.7. The van der Waals surface area contributed by atoms with E-state index in [4.69, 9.17) is 17.9 Å². The highest BCUT2D eigenvalue weighted by Gasteiger charge is 2.06. The van der Waals surface area contributed by atoms with E-state index in [1.165, 1.54) is 12.1 Å². The number of hydrogen-bond acceptors (Lipinski definition) is 2. The SMILES string of the molecule is [C-]#[N+]C(=C\c1ccc(OC)cc1)/C(=C\c1ccc(O)cc1)[N+]#[C-]. The first-order valence-electron chi connectivity index (χ1n) is 6.78. The molecule has 112 valence electrons. The van der Waals surface area contributed by atoms with Gasteiger partial charge in [0, 0.05) is 0 Å². The minimum absolute atomic E-state index is 0.158. The normalized spacial score (nSPS) is 11.4. The largest absolute Gasteiger partial charge is 0.508 e. The van der Waals surface area contributed by atoms with Crippen molar-refractivity contribution < 1.29 is 9.84 Å². The molecule has 0 aliphatic heterocycles. The van der Waals surface area contributed by atoms with E-state index in [1.807, 2.05) is 12.1 Å². The van der Waals surface area contributed by atoms with E-state index in [9.17, 15) is 5.11 Å². The van der Waals surface area contributed by atoms with Crippen LogP contribution in [0.2, 0.25) is 0 Å². The highest BCUT2D eigenvalue weighted by atomic mass is 16.5. The number of aromatic hydroxyl groups is 1.